The summed E-state index contributed by atoms with van der Waals surface area (Å²) in [5, 5.41) is 4.94. The fourth-order valence-corrected chi connectivity index (χ4v) is 4.15. The molecule has 0 aliphatic carbocycles. The van der Waals surface area contributed by atoms with Crippen molar-refractivity contribution in [2.24, 2.45) is 0 Å². The van der Waals surface area contributed by atoms with E-state index in [9.17, 15) is 0 Å². The standard InChI is InChI=1S/C23H22ClN5O/c1-28-9-7-16-12-21(30-2)19(11-17(16)14-28)26-23-25-13-18(24)22(27-23)29-10-8-15-5-3-4-6-20(15)29/h3-6,8,10-13H,7,9,14H2,1-2H3,(H,25,26,27). The van der Waals surface area contributed by atoms with Crippen LogP contribution in [0.3, 0.4) is 0 Å². The molecule has 0 amide bonds. The van der Waals surface area contributed by atoms with Gasteiger partial charge in [0.1, 0.15) is 10.8 Å². The molecule has 0 spiro atoms. The first-order valence-corrected chi connectivity index (χ1v) is 10.2. The topological polar surface area (TPSA) is 55.2 Å². The second kappa shape index (κ2) is 7.63. The Kier molecular flexibility index (Phi) is 4.81. The van der Waals surface area contributed by atoms with Crippen molar-refractivity contribution < 1.29 is 4.74 Å². The van der Waals surface area contributed by atoms with Crippen LogP contribution in [0.1, 0.15) is 11.1 Å². The van der Waals surface area contributed by atoms with Crippen molar-refractivity contribution in [2.45, 2.75) is 13.0 Å². The molecule has 0 saturated carbocycles. The highest BCUT2D eigenvalue weighted by atomic mass is 35.5. The van der Waals surface area contributed by atoms with E-state index in [1.165, 1.54) is 11.1 Å². The third-order valence-corrected chi connectivity index (χ3v) is 5.79. The summed E-state index contributed by atoms with van der Waals surface area (Å²) in [6.07, 6.45) is 4.61. The minimum absolute atomic E-state index is 0.467. The number of anilines is 2. The summed E-state index contributed by atoms with van der Waals surface area (Å²) in [4.78, 5) is 11.4. The summed E-state index contributed by atoms with van der Waals surface area (Å²) in [7, 11) is 3.82. The van der Waals surface area contributed by atoms with E-state index in [-0.39, 0.29) is 0 Å². The van der Waals surface area contributed by atoms with E-state index < -0.39 is 0 Å². The second-order valence-electron chi connectivity index (χ2n) is 7.54. The van der Waals surface area contributed by atoms with E-state index in [1.807, 2.05) is 35.0 Å². The number of aromatic nitrogens is 3. The summed E-state index contributed by atoms with van der Waals surface area (Å²) in [5.41, 5.74) is 4.50. The van der Waals surface area contributed by atoms with Gasteiger partial charge < -0.3 is 15.0 Å². The van der Waals surface area contributed by atoms with Crippen LogP contribution in [0.15, 0.2) is 54.9 Å². The molecule has 6 nitrogen and oxygen atoms in total. The average molecular weight is 420 g/mol. The number of rotatable bonds is 4. The first-order valence-electron chi connectivity index (χ1n) is 9.87. The normalized spacial score (nSPS) is 14.0. The predicted octanol–water partition coefficient (Wildman–Crippen LogP) is 4.81. The molecule has 7 heteroatoms. The van der Waals surface area contributed by atoms with Gasteiger partial charge >= 0.3 is 0 Å². The van der Waals surface area contributed by atoms with Crippen molar-refractivity contribution in [2.75, 3.05) is 26.0 Å². The van der Waals surface area contributed by atoms with Gasteiger partial charge in [-0.05, 0) is 54.2 Å². The zero-order valence-electron chi connectivity index (χ0n) is 16.9. The monoisotopic (exact) mass is 419 g/mol. The molecule has 4 aromatic rings. The van der Waals surface area contributed by atoms with Gasteiger partial charge in [-0.1, -0.05) is 29.8 Å². The molecule has 0 saturated heterocycles. The Hall–Kier alpha value is -3.09. The van der Waals surface area contributed by atoms with Gasteiger partial charge in [-0.3, -0.25) is 4.57 Å². The molecule has 1 aliphatic rings. The largest absolute Gasteiger partial charge is 0.495 e. The van der Waals surface area contributed by atoms with E-state index in [2.05, 4.69) is 40.4 Å². The molecular weight excluding hydrogens is 398 g/mol. The molecule has 0 fully saturated rings. The summed E-state index contributed by atoms with van der Waals surface area (Å²) < 4.78 is 7.61. The number of halogens is 1. The third-order valence-electron chi connectivity index (χ3n) is 5.52. The number of hydrogen-bond acceptors (Lipinski definition) is 5. The maximum Gasteiger partial charge on any atom is 0.229 e. The maximum absolute atomic E-state index is 6.46. The van der Waals surface area contributed by atoms with Crippen molar-refractivity contribution in [3.63, 3.8) is 0 Å². The summed E-state index contributed by atoms with van der Waals surface area (Å²) in [6.45, 7) is 1.97. The maximum atomic E-state index is 6.46. The lowest BCUT2D eigenvalue weighted by Gasteiger charge is -2.26. The molecule has 1 N–H and O–H groups in total. The Morgan fingerprint density at radius 2 is 2.00 bits per heavy atom. The first kappa shape index (κ1) is 18.9. The number of nitrogens with one attached hydrogen (secondary N) is 1. The molecule has 30 heavy (non-hydrogen) atoms. The predicted molar refractivity (Wildman–Crippen MR) is 120 cm³/mol. The highest BCUT2D eigenvalue weighted by Gasteiger charge is 2.18. The van der Waals surface area contributed by atoms with Crippen LogP contribution >= 0.6 is 11.6 Å². The molecule has 0 radical (unpaired) electrons. The number of ether oxygens (including phenoxy) is 1. The van der Waals surface area contributed by atoms with Crippen LogP contribution in [0, 0.1) is 0 Å². The molecule has 3 heterocycles. The highest BCUT2D eigenvalue weighted by molar-refractivity contribution is 6.32. The Balaban J connectivity index is 1.53. The quantitative estimate of drug-likeness (QED) is 0.514. The van der Waals surface area contributed by atoms with Gasteiger partial charge in [0, 0.05) is 19.3 Å². The van der Waals surface area contributed by atoms with Crippen LogP contribution in [0.25, 0.3) is 16.7 Å². The Labute approximate surface area is 180 Å². The molecule has 5 rings (SSSR count). The smallest absolute Gasteiger partial charge is 0.229 e. The van der Waals surface area contributed by atoms with Gasteiger partial charge in [-0.15, -0.1) is 0 Å². The van der Waals surface area contributed by atoms with Crippen molar-refractivity contribution in [1.29, 1.82) is 0 Å². The third kappa shape index (κ3) is 3.38. The van der Waals surface area contributed by atoms with Crippen LogP contribution in [-0.4, -0.2) is 40.1 Å². The molecule has 0 unspecified atom stereocenters. The van der Waals surface area contributed by atoms with Crippen LogP contribution in [0.5, 0.6) is 5.75 Å². The minimum atomic E-state index is 0.467. The molecule has 152 valence electrons. The van der Waals surface area contributed by atoms with Gasteiger partial charge in [-0.25, -0.2) is 4.98 Å². The lowest BCUT2D eigenvalue weighted by molar-refractivity contribution is 0.312. The number of nitrogens with zero attached hydrogens (tertiary/aromatic N) is 4. The van der Waals surface area contributed by atoms with E-state index in [4.69, 9.17) is 21.3 Å². The van der Waals surface area contributed by atoms with Crippen molar-refractivity contribution >= 4 is 34.1 Å². The Morgan fingerprint density at radius 1 is 1.13 bits per heavy atom. The number of fused-ring (bicyclic) bond motifs is 2. The zero-order valence-corrected chi connectivity index (χ0v) is 17.6. The molecule has 0 bridgehead atoms. The summed E-state index contributed by atoms with van der Waals surface area (Å²) in [6, 6.07) is 14.4. The molecular formula is C23H22ClN5O. The SMILES string of the molecule is COc1cc2c(cc1Nc1ncc(Cl)c(-n3ccc4ccccc43)n1)CN(C)CC2. The van der Waals surface area contributed by atoms with Crippen LogP contribution in [0.4, 0.5) is 11.6 Å². The van der Waals surface area contributed by atoms with Gasteiger partial charge in [0.15, 0.2) is 5.82 Å². The van der Waals surface area contributed by atoms with E-state index in [0.717, 1.165) is 41.9 Å². The van der Waals surface area contributed by atoms with Crippen LogP contribution < -0.4 is 10.1 Å². The zero-order chi connectivity index (χ0) is 20.7. The van der Waals surface area contributed by atoms with Crippen molar-refractivity contribution in [3.8, 4) is 11.6 Å². The van der Waals surface area contributed by atoms with E-state index in [0.29, 0.717) is 16.8 Å². The van der Waals surface area contributed by atoms with Crippen LogP contribution in [-0.2, 0) is 13.0 Å². The fraction of sp³-hybridized carbons (Fsp3) is 0.217. The summed E-state index contributed by atoms with van der Waals surface area (Å²) >= 11 is 6.46. The van der Waals surface area contributed by atoms with Gasteiger partial charge in [0.05, 0.1) is 24.5 Å². The fourth-order valence-electron chi connectivity index (χ4n) is 3.97. The minimum Gasteiger partial charge on any atom is -0.495 e. The Morgan fingerprint density at radius 3 is 2.87 bits per heavy atom. The molecule has 0 atom stereocenters. The number of methoxy groups -OCH3 is 1. The molecule has 2 aromatic carbocycles. The van der Waals surface area contributed by atoms with E-state index in [1.54, 1.807) is 13.3 Å². The Bertz CT molecular complexity index is 1240. The highest BCUT2D eigenvalue weighted by Crippen LogP contribution is 2.33. The van der Waals surface area contributed by atoms with Crippen LogP contribution in [0.2, 0.25) is 5.02 Å². The van der Waals surface area contributed by atoms with Crippen molar-refractivity contribution in [3.05, 3.63) is 71.0 Å². The number of benzene rings is 2. The average Bonchev–Trinajstić information content (AvgIpc) is 3.18. The number of para-hydroxylation sites is 1. The lowest BCUT2D eigenvalue weighted by atomic mass is 9.99. The molecule has 1 aliphatic heterocycles. The van der Waals surface area contributed by atoms with Gasteiger partial charge in [0.2, 0.25) is 5.95 Å². The van der Waals surface area contributed by atoms with Gasteiger partial charge in [-0.2, -0.15) is 4.98 Å². The van der Waals surface area contributed by atoms with E-state index >= 15 is 0 Å². The molecule has 2 aromatic heterocycles. The first-order chi connectivity index (χ1) is 14.6. The number of likely N-dealkylation sites (N-methyl/N-ethyl adjacent to an activating group) is 1. The second-order valence-corrected chi connectivity index (χ2v) is 7.95. The summed E-state index contributed by atoms with van der Waals surface area (Å²) in [5.74, 6) is 1.88. The van der Waals surface area contributed by atoms with Gasteiger partial charge in [0.25, 0.3) is 0 Å². The van der Waals surface area contributed by atoms with Crippen molar-refractivity contribution in [1.82, 2.24) is 19.4 Å². The lowest BCUT2D eigenvalue weighted by Crippen LogP contribution is -2.26. The number of hydrogen-bond donors (Lipinski definition) is 1.